The first-order valence-corrected chi connectivity index (χ1v) is 10.3. The van der Waals surface area contributed by atoms with Gasteiger partial charge in [0.25, 0.3) is 0 Å². The van der Waals surface area contributed by atoms with Crippen molar-refractivity contribution in [1.82, 2.24) is 9.80 Å². The first-order valence-electron chi connectivity index (χ1n) is 10.3. The van der Waals surface area contributed by atoms with E-state index in [1.165, 1.54) is 20.9 Å². The smallest absolute Gasteiger partial charge is 0.314 e. The molecule has 6 heteroatoms. The van der Waals surface area contributed by atoms with Gasteiger partial charge in [-0.05, 0) is 36.0 Å². The maximum atomic E-state index is 12.9. The topological polar surface area (TPSA) is 62.1 Å². The second-order valence-corrected chi connectivity index (χ2v) is 8.23. The summed E-state index contributed by atoms with van der Waals surface area (Å²) in [5.74, 6) is -1.04. The maximum absolute atomic E-state index is 12.9. The van der Waals surface area contributed by atoms with Crippen LogP contribution in [0.4, 0.5) is 4.79 Å². The third-order valence-electron chi connectivity index (χ3n) is 6.39. The molecule has 4 amide bonds. The number of benzene rings is 1. The molecular weight excluding hydrogens is 354 g/mol. The number of hydrogen-bond acceptors (Lipinski definition) is 3. The largest absolute Gasteiger partial charge is 0.338 e. The van der Waals surface area contributed by atoms with Crippen LogP contribution in [0, 0.1) is 5.92 Å². The monoisotopic (exact) mass is 382 g/mol. The molecule has 1 aliphatic carbocycles. The first kappa shape index (κ1) is 18.9. The van der Waals surface area contributed by atoms with E-state index in [0.29, 0.717) is 0 Å². The zero-order valence-corrected chi connectivity index (χ0v) is 16.4. The minimum absolute atomic E-state index is 0.136. The Morgan fingerprint density at radius 2 is 1.79 bits per heavy atom. The summed E-state index contributed by atoms with van der Waals surface area (Å²) in [6.45, 7) is 3.92. The van der Waals surface area contributed by atoms with Gasteiger partial charge in [0.05, 0.1) is 13.1 Å². The van der Waals surface area contributed by atoms with Gasteiger partial charge in [-0.2, -0.15) is 0 Å². The minimum Gasteiger partial charge on any atom is -0.314 e. The lowest BCUT2D eigenvalue weighted by Crippen LogP contribution is -3.14. The predicted molar refractivity (Wildman–Crippen MR) is 105 cm³/mol. The SMILES string of the molecule is C[C@H]1CCCC[C@H]1N1C(=O)C(=O)N(C[NH+]2CC=C(c3ccccc3)CC2)C1=O. The molecule has 0 radical (unpaired) electrons. The van der Waals surface area contributed by atoms with Gasteiger partial charge in [0.2, 0.25) is 0 Å². The number of quaternary nitrogens is 1. The van der Waals surface area contributed by atoms with Crippen LogP contribution in [0.25, 0.3) is 5.57 Å². The summed E-state index contributed by atoms with van der Waals surface area (Å²) in [7, 11) is 0. The van der Waals surface area contributed by atoms with Crippen LogP contribution in [0.2, 0.25) is 0 Å². The second-order valence-electron chi connectivity index (χ2n) is 8.23. The Balaban J connectivity index is 1.42. The fraction of sp³-hybridized carbons (Fsp3) is 0.500. The van der Waals surface area contributed by atoms with Gasteiger partial charge in [0.1, 0.15) is 0 Å². The number of hydrogen-bond donors (Lipinski definition) is 1. The van der Waals surface area contributed by atoms with E-state index < -0.39 is 17.8 Å². The van der Waals surface area contributed by atoms with Crippen LogP contribution in [0.15, 0.2) is 36.4 Å². The number of amides is 4. The number of carbonyl (C=O) groups is 3. The van der Waals surface area contributed by atoms with Gasteiger partial charge in [0, 0.05) is 12.5 Å². The highest BCUT2D eigenvalue weighted by Gasteiger charge is 2.50. The molecule has 2 heterocycles. The van der Waals surface area contributed by atoms with Crippen molar-refractivity contribution in [3.8, 4) is 0 Å². The third kappa shape index (κ3) is 3.49. The summed E-state index contributed by atoms with van der Waals surface area (Å²) < 4.78 is 0. The van der Waals surface area contributed by atoms with Crippen molar-refractivity contribution in [3.63, 3.8) is 0 Å². The van der Waals surface area contributed by atoms with E-state index >= 15 is 0 Å². The van der Waals surface area contributed by atoms with Crippen molar-refractivity contribution in [2.45, 2.75) is 45.1 Å². The molecular formula is C22H28N3O3+. The molecule has 148 valence electrons. The van der Waals surface area contributed by atoms with Gasteiger partial charge in [-0.3, -0.25) is 14.5 Å². The summed E-state index contributed by atoms with van der Waals surface area (Å²) in [6, 6.07) is 9.72. The lowest BCUT2D eigenvalue weighted by Gasteiger charge is -2.34. The zero-order valence-electron chi connectivity index (χ0n) is 16.4. The van der Waals surface area contributed by atoms with Gasteiger partial charge in [-0.15, -0.1) is 0 Å². The molecule has 28 heavy (non-hydrogen) atoms. The van der Waals surface area contributed by atoms with Crippen molar-refractivity contribution in [2.24, 2.45) is 5.92 Å². The van der Waals surface area contributed by atoms with Crippen LogP contribution in [0.3, 0.4) is 0 Å². The Hall–Kier alpha value is -2.47. The number of urea groups is 1. The first-order chi connectivity index (χ1) is 13.6. The molecule has 3 aliphatic rings. The van der Waals surface area contributed by atoms with Crippen LogP contribution in [0.5, 0.6) is 0 Å². The standard InChI is InChI=1S/C22H27N3O3/c1-16-7-5-6-10-19(16)25-21(27)20(26)24(22(25)28)15-23-13-11-18(12-14-23)17-8-3-2-4-9-17/h2-4,8-9,11,16,19H,5-7,10,12-15H2,1H3/p+1/t16-,19+/m0/s1. The molecule has 1 aromatic rings. The molecule has 0 bridgehead atoms. The second kappa shape index (κ2) is 7.87. The van der Waals surface area contributed by atoms with Gasteiger partial charge in [-0.25, -0.2) is 9.69 Å². The highest BCUT2D eigenvalue weighted by Crippen LogP contribution is 2.31. The highest BCUT2D eigenvalue weighted by molar-refractivity contribution is 6.44. The van der Waals surface area contributed by atoms with Crippen LogP contribution in [0.1, 0.15) is 44.6 Å². The highest BCUT2D eigenvalue weighted by atomic mass is 16.2. The third-order valence-corrected chi connectivity index (χ3v) is 6.39. The fourth-order valence-electron chi connectivity index (χ4n) is 4.70. The van der Waals surface area contributed by atoms with Crippen LogP contribution >= 0.6 is 0 Å². The number of nitrogens with zero attached hydrogens (tertiary/aromatic N) is 2. The van der Waals surface area contributed by atoms with Gasteiger partial charge >= 0.3 is 17.8 Å². The summed E-state index contributed by atoms with van der Waals surface area (Å²) >= 11 is 0. The van der Waals surface area contributed by atoms with E-state index in [-0.39, 0.29) is 18.6 Å². The molecule has 1 aromatic carbocycles. The average molecular weight is 382 g/mol. The quantitative estimate of drug-likeness (QED) is 0.637. The Bertz CT molecular complexity index is 805. The fourth-order valence-corrected chi connectivity index (χ4v) is 4.70. The van der Waals surface area contributed by atoms with Crippen molar-refractivity contribution in [3.05, 3.63) is 42.0 Å². The summed E-state index contributed by atoms with van der Waals surface area (Å²) in [5.41, 5.74) is 2.53. The van der Waals surface area contributed by atoms with Gasteiger partial charge in [0.15, 0.2) is 6.67 Å². The van der Waals surface area contributed by atoms with Crippen LogP contribution in [-0.2, 0) is 9.59 Å². The Morgan fingerprint density at radius 3 is 2.46 bits per heavy atom. The van der Waals surface area contributed by atoms with E-state index in [1.807, 2.05) is 18.2 Å². The average Bonchev–Trinajstić information content (AvgIpc) is 2.93. The van der Waals surface area contributed by atoms with E-state index in [0.717, 1.165) is 50.1 Å². The molecule has 1 N–H and O–H groups in total. The van der Waals surface area contributed by atoms with Crippen molar-refractivity contribution < 1.29 is 19.3 Å². The van der Waals surface area contributed by atoms with Crippen LogP contribution in [-0.4, -0.2) is 53.4 Å². The van der Waals surface area contributed by atoms with E-state index in [1.54, 1.807) is 0 Å². The summed E-state index contributed by atoms with van der Waals surface area (Å²) in [5, 5.41) is 0. The maximum Gasteiger partial charge on any atom is 0.338 e. The number of nitrogens with one attached hydrogen (secondary N) is 1. The summed E-state index contributed by atoms with van der Waals surface area (Å²) in [6.07, 6.45) is 7.01. The molecule has 1 unspecified atom stereocenters. The molecule has 2 fully saturated rings. The number of imide groups is 2. The van der Waals surface area contributed by atoms with E-state index in [9.17, 15) is 14.4 Å². The Kier molecular flexibility index (Phi) is 5.31. The molecule has 0 aromatic heterocycles. The Labute approximate surface area is 165 Å². The molecule has 4 rings (SSSR count). The van der Waals surface area contributed by atoms with E-state index in [4.69, 9.17) is 0 Å². The minimum atomic E-state index is -0.659. The lowest BCUT2D eigenvalue weighted by atomic mass is 9.85. The van der Waals surface area contributed by atoms with Crippen LogP contribution < -0.4 is 4.90 Å². The normalized spacial score (nSPS) is 28.7. The van der Waals surface area contributed by atoms with Crippen molar-refractivity contribution >= 4 is 23.4 Å². The van der Waals surface area contributed by atoms with E-state index in [2.05, 4.69) is 25.1 Å². The molecule has 6 nitrogen and oxygen atoms in total. The molecule has 3 atom stereocenters. The zero-order chi connectivity index (χ0) is 19.7. The van der Waals surface area contributed by atoms with Crippen molar-refractivity contribution in [1.29, 1.82) is 0 Å². The molecule has 1 saturated carbocycles. The Morgan fingerprint density at radius 1 is 1.04 bits per heavy atom. The summed E-state index contributed by atoms with van der Waals surface area (Å²) in [4.78, 5) is 41.5. The lowest BCUT2D eigenvalue weighted by molar-refractivity contribution is -0.902. The number of carbonyl (C=O) groups excluding carboxylic acids is 3. The number of rotatable bonds is 4. The predicted octanol–water partition coefficient (Wildman–Crippen LogP) is 1.69. The van der Waals surface area contributed by atoms with Gasteiger partial charge < -0.3 is 4.90 Å². The molecule has 2 aliphatic heterocycles. The van der Waals surface area contributed by atoms with Gasteiger partial charge in [-0.1, -0.05) is 50.1 Å². The van der Waals surface area contributed by atoms with Crippen molar-refractivity contribution in [2.75, 3.05) is 19.8 Å². The molecule has 1 saturated heterocycles. The molecule has 0 spiro atoms.